The van der Waals surface area contributed by atoms with Gasteiger partial charge in [0.1, 0.15) is 11.9 Å². The summed E-state index contributed by atoms with van der Waals surface area (Å²) in [6.45, 7) is 6.27. The summed E-state index contributed by atoms with van der Waals surface area (Å²) in [7, 11) is 0. The molecule has 3 rings (SSSR count). The number of thioether (sulfide) groups is 1. The zero-order chi connectivity index (χ0) is 26.8. The second-order valence-electron chi connectivity index (χ2n) is 9.23. The Morgan fingerprint density at radius 1 is 1.03 bits per heavy atom. The highest BCUT2D eigenvalue weighted by Gasteiger charge is 2.31. The number of carbonyl (C=O) groups excluding carboxylic acids is 2. The second-order valence-corrected chi connectivity index (χ2v) is 10.6. The maximum atomic E-state index is 14.2. The maximum absolute atomic E-state index is 14.2. The van der Waals surface area contributed by atoms with Crippen LogP contribution in [-0.2, 0) is 28.3 Å². The number of halogens is 2. The highest BCUT2D eigenvalue weighted by atomic mass is 35.5. The molecule has 7 heteroatoms. The van der Waals surface area contributed by atoms with E-state index in [0.29, 0.717) is 23.6 Å². The molecule has 0 bridgehead atoms. The summed E-state index contributed by atoms with van der Waals surface area (Å²) in [4.78, 5) is 28.9. The van der Waals surface area contributed by atoms with Crippen molar-refractivity contribution in [1.82, 2.24) is 10.2 Å². The smallest absolute Gasteiger partial charge is 0.243 e. The van der Waals surface area contributed by atoms with Crippen molar-refractivity contribution in [3.05, 3.63) is 106 Å². The molecule has 0 aliphatic heterocycles. The molecule has 0 saturated heterocycles. The Morgan fingerprint density at radius 2 is 1.73 bits per heavy atom. The van der Waals surface area contributed by atoms with E-state index >= 15 is 0 Å². The van der Waals surface area contributed by atoms with Gasteiger partial charge in [-0.15, -0.1) is 11.8 Å². The predicted molar refractivity (Wildman–Crippen MR) is 151 cm³/mol. The number of rotatable bonds is 12. The van der Waals surface area contributed by atoms with Crippen LogP contribution in [-0.4, -0.2) is 34.6 Å². The SMILES string of the molecule is CC[C@@H](C)NC(=O)[C@@H](Cc1ccccc1)N(Cc1cccc(C)c1)C(=O)CSCc1c(F)cccc1Cl. The molecular formula is C30H34ClFN2O2S. The van der Waals surface area contributed by atoms with Crippen LogP contribution in [0, 0.1) is 12.7 Å². The van der Waals surface area contributed by atoms with Crippen molar-refractivity contribution in [3.63, 3.8) is 0 Å². The molecule has 37 heavy (non-hydrogen) atoms. The van der Waals surface area contributed by atoms with Gasteiger partial charge in [0.05, 0.1) is 5.75 Å². The van der Waals surface area contributed by atoms with Gasteiger partial charge in [0, 0.05) is 35.3 Å². The third-order valence-corrected chi connectivity index (χ3v) is 7.54. The van der Waals surface area contributed by atoms with Gasteiger partial charge in [0.2, 0.25) is 11.8 Å². The minimum atomic E-state index is -0.693. The molecule has 0 aromatic heterocycles. The summed E-state index contributed by atoms with van der Waals surface area (Å²) >= 11 is 7.46. The number of hydrogen-bond acceptors (Lipinski definition) is 3. The third kappa shape index (κ3) is 8.61. The largest absolute Gasteiger partial charge is 0.352 e. The van der Waals surface area contributed by atoms with Gasteiger partial charge in [-0.1, -0.05) is 84.8 Å². The fourth-order valence-electron chi connectivity index (χ4n) is 4.00. The first kappa shape index (κ1) is 28.7. The molecule has 3 aromatic carbocycles. The Bertz CT molecular complexity index is 1170. The van der Waals surface area contributed by atoms with Crippen molar-refractivity contribution in [3.8, 4) is 0 Å². The van der Waals surface area contributed by atoms with Gasteiger partial charge >= 0.3 is 0 Å². The first-order valence-electron chi connectivity index (χ1n) is 12.5. The highest BCUT2D eigenvalue weighted by molar-refractivity contribution is 7.99. The fraction of sp³-hybridized carbons (Fsp3) is 0.333. The monoisotopic (exact) mass is 540 g/mol. The van der Waals surface area contributed by atoms with Crippen LogP contribution in [0.4, 0.5) is 4.39 Å². The quantitative estimate of drug-likeness (QED) is 0.282. The minimum absolute atomic E-state index is 0.0146. The molecule has 0 unspecified atom stereocenters. The lowest BCUT2D eigenvalue weighted by Crippen LogP contribution is -2.52. The number of hydrogen-bond donors (Lipinski definition) is 1. The van der Waals surface area contributed by atoms with Crippen molar-refractivity contribution in [1.29, 1.82) is 0 Å². The summed E-state index contributed by atoms with van der Waals surface area (Å²) < 4.78 is 14.2. The number of amides is 2. The van der Waals surface area contributed by atoms with Crippen molar-refractivity contribution in [2.75, 3.05) is 5.75 Å². The van der Waals surface area contributed by atoms with Crippen LogP contribution in [0.2, 0.25) is 5.02 Å². The Balaban J connectivity index is 1.88. The molecule has 2 amide bonds. The van der Waals surface area contributed by atoms with Gasteiger partial charge in [-0.25, -0.2) is 4.39 Å². The van der Waals surface area contributed by atoms with E-state index in [1.165, 1.54) is 17.8 Å². The molecule has 196 valence electrons. The van der Waals surface area contributed by atoms with Crippen LogP contribution in [0.15, 0.2) is 72.8 Å². The average molecular weight is 541 g/mol. The number of nitrogens with zero attached hydrogens (tertiary/aromatic N) is 1. The lowest BCUT2D eigenvalue weighted by atomic mass is 10.0. The van der Waals surface area contributed by atoms with E-state index in [0.717, 1.165) is 23.1 Å². The van der Waals surface area contributed by atoms with Crippen molar-refractivity contribution < 1.29 is 14.0 Å². The fourth-order valence-corrected chi connectivity index (χ4v) is 5.24. The summed E-state index contributed by atoms with van der Waals surface area (Å²) in [6.07, 6.45) is 1.18. The van der Waals surface area contributed by atoms with Crippen LogP contribution in [0.25, 0.3) is 0 Å². The van der Waals surface area contributed by atoms with Gasteiger partial charge < -0.3 is 10.2 Å². The predicted octanol–water partition coefficient (Wildman–Crippen LogP) is 6.58. The summed E-state index contributed by atoms with van der Waals surface area (Å²) in [5.41, 5.74) is 3.38. The topological polar surface area (TPSA) is 49.4 Å². The van der Waals surface area contributed by atoms with Gasteiger partial charge in [-0.05, 0) is 43.5 Å². The van der Waals surface area contributed by atoms with Crippen LogP contribution in [0.1, 0.15) is 42.5 Å². The molecule has 4 nitrogen and oxygen atoms in total. The zero-order valence-electron chi connectivity index (χ0n) is 21.5. The molecule has 1 N–H and O–H groups in total. The number of nitrogens with one attached hydrogen (secondary N) is 1. The van der Waals surface area contributed by atoms with Gasteiger partial charge in [0.15, 0.2) is 0 Å². The molecule has 0 spiro atoms. The van der Waals surface area contributed by atoms with Crippen LogP contribution >= 0.6 is 23.4 Å². The van der Waals surface area contributed by atoms with Crippen molar-refractivity contribution >= 4 is 35.2 Å². The minimum Gasteiger partial charge on any atom is -0.352 e. The van der Waals surface area contributed by atoms with Crippen LogP contribution in [0.5, 0.6) is 0 Å². The van der Waals surface area contributed by atoms with Gasteiger partial charge in [-0.2, -0.15) is 0 Å². The van der Waals surface area contributed by atoms with Crippen molar-refractivity contribution in [2.24, 2.45) is 0 Å². The van der Waals surface area contributed by atoms with Gasteiger partial charge in [0.25, 0.3) is 0 Å². The lowest BCUT2D eigenvalue weighted by molar-refractivity contribution is -0.139. The average Bonchev–Trinajstić information content (AvgIpc) is 2.88. The highest BCUT2D eigenvalue weighted by Crippen LogP contribution is 2.25. The van der Waals surface area contributed by atoms with E-state index < -0.39 is 6.04 Å². The van der Waals surface area contributed by atoms with E-state index in [4.69, 9.17) is 11.6 Å². The molecule has 3 aromatic rings. The Hall–Kier alpha value is -2.83. The maximum Gasteiger partial charge on any atom is 0.243 e. The molecular weight excluding hydrogens is 507 g/mol. The summed E-state index contributed by atoms with van der Waals surface area (Å²) in [6, 6.07) is 21.5. The van der Waals surface area contributed by atoms with E-state index in [1.54, 1.807) is 17.0 Å². The zero-order valence-corrected chi connectivity index (χ0v) is 23.1. The van der Waals surface area contributed by atoms with E-state index in [1.807, 2.05) is 75.4 Å². The van der Waals surface area contributed by atoms with Crippen molar-refractivity contribution in [2.45, 2.75) is 58.0 Å². The normalized spacial score (nSPS) is 12.6. The number of benzene rings is 3. The lowest BCUT2D eigenvalue weighted by Gasteiger charge is -2.32. The number of aryl methyl sites for hydroxylation is 1. The molecule has 0 fully saturated rings. The van der Waals surface area contributed by atoms with Gasteiger partial charge in [-0.3, -0.25) is 9.59 Å². The first-order valence-corrected chi connectivity index (χ1v) is 14.0. The molecule has 0 radical (unpaired) electrons. The third-order valence-electron chi connectivity index (χ3n) is 6.24. The van der Waals surface area contributed by atoms with E-state index in [2.05, 4.69) is 5.32 Å². The summed E-state index contributed by atoms with van der Waals surface area (Å²) in [5, 5.41) is 3.41. The standard InChI is InChI=1S/C30H34ClFN2O2S/c1-4-22(3)33-30(36)28(17-23-11-6-5-7-12-23)34(18-24-13-8-10-21(2)16-24)29(35)20-37-19-25-26(31)14-9-15-27(25)32/h5-16,22,28H,4,17-20H2,1-3H3,(H,33,36)/t22-,28-/m1/s1. The van der Waals surface area contributed by atoms with Crippen LogP contribution in [0.3, 0.4) is 0 Å². The first-order chi connectivity index (χ1) is 17.8. The molecule has 2 atom stereocenters. The second kappa shape index (κ2) is 14.2. The molecule has 0 aliphatic carbocycles. The van der Waals surface area contributed by atoms with E-state index in [-0.39, 0.29) is 35.2 Å². The molecule has 0 aliphatic rings. The Morgan fingerprint density at radius 3 is 2.41 bits per heavy atom. The molecule has 0 saturated carbocycles. The Kier molecular flexibility index (Phi) is 11.0. The number of carbonyl (C=O) groups is 2. The van der Waals surface area contributed by atoms with Crippen LogP contribution < -0.4 is 5.32 Å². The summed E-state index contributed by atoms with van der Waals surface area (Å²) in [5.74, 6) is -0.393. The Labute approximate surface area is 228 Å². The van der Waals surface area contributed by atoms with E-state index in [9.17, 15) is 14.0 Å². The molecule has 0 heterocycles.